The lowest BCUT2D eigenvalue weighted by Gasteiger charge is -2.32. The van der Waals surface area contributed by atoms with Gasteiger partial charge < -0.3 is 4.74 Å². The lowest BCUT2D eigenvalue weighted by atomic mass is 9.73. The van der Waals surface area contributed by atoms with Crippen molar-refractivity contribution in [3.05, 3.63) is 29.3 Å². The minimum Gasteiger partial charge on any atom is -0.491 e. The molecule has 1 aliphatic carbocycles. The largest absolute Gasteiger partial charge is 0.491 e. The maximum atomic E-state index is 13.8. The molecule has 24 heavy (non-hydrogen) atoms. The minimum absolute atomic E-state index is 0.279. The average Bonchev–Trinajstić information content (AvgIpc) is 2.55. The Hall–Kier alpha value is -1.12. The standard InChI is InChI=1S/C21H32F2O/c1-4-5-6-7-16-8-10-18(11-9-16)15(2)12-17-13-19(22)21(24-3)20(23)14-17/h13-16,18H,4-12H2,1-3H3. The van der Waals surface area contributed by atoms with E-state index in [-0.39, 0.29) is 5.75 Å². The predicted octanol–water partition coefficient (Wildman–Crippen LogP) is 6.54. The van der Waals surface area contributed by atoms with E-state index in [4.69, 9.17) is 4.74 Å². The smallest absolute Gasteiger partial charge is 0.190 e. The van der Waals surface area contributed by atoms with Gasteiger partial charge in [-0.1, -0.05) is 52.4 Å². The average molecular weight is 338 g/mol. The van der Waals surface area contributed by atoms with Crippen molar-refractivity contribution >= 4 is 0 Å². The van der Waals surface area contributed by atoms with Gasteiger partial charge in [-0.15, -0.1) is 0 Å². The van der Waals surface area contributed by atoms with Crippen molar-refractivity contribution < 1.29 is 13.5 Å². The van der Waals surface area contributed by atoms with Crippen LogP contribution in [0.4, 0.5) is 8.78 Å². The van der Waals surface area contributed by atoms with Gasteiger partial charge >= 0.3 is 0 Å². The zero-order valence-corrected chi connectivity index (χ0v) is 15.4. The number of hydrogen-bond donors (Lipinski definition) is 0. The quantitative estimate of drug-likeness (QED) is 0.489. The van der Waals surface area contributed by atoms with Crippen LogP contribution in [0.25, 0.3) is 0 Å². The lowest BCUT2D eigenvalue weighted by molar-refractivity contribution is 0.204. The third kappa shape index (κ3) is 5.19. The topological polar surface area (TPSA) is 9.23 Å². The highest BCUT2D eigenvalue weighted by Gasteiger charge is 2.25. The van der Waals surface area contributed by atoms with Crippen molar-refractivity contribution in [2.75, 3.05) is 7.11 Å². The van der Waals surface area contributed by atoms with Crippen molar-refractivity contribution in [1.29, 1.82) is 0 Å². The van der Waals surface area contributed by atoms with Crippen LogP contribution in [-0.4, -0.2) is 7.11 Å². The summed E-state index contributed by atoms with van der Waals surface area (Å²) in [5.41, 5.74) is 0.739. The molecular formula is C21H32F2O. The van der Waals surface area contributed by atoms with Crippen LogP contribution >= 0.6 is 0 Å². The fourth-order valence-corrected chi connectivity index (χ4v) is 4.19. The number of benzene rings is 1. The first-order valence-electron chi connectivity index (χ1n) is 9.57. The molecule has 0 amide bonds. The number of hydrogen-bond acceptors (Lipinski definition) is 1. The first kappa shape index (κ1) is 19.2. The van der Waals surface area contributed by atoms with E-state index >= 15 is 0 Å². The lowest BCUT2D eigenvalue weighted by Crippen LogP contribution is -2.21. The fraction of sp³-hybridized carbons (Fsp3) is 0.714. The molecule has 0 aromatic heterocycles. The SMILES string of the molecule is CCCCCC1CCC(C(C)Cc2cc(F)c(OC)c(F)c2)CC1. The van der Waals surface area contributed by atoms with Crippen LogP contribution in [0.3, 0.4) is 0 Å². The van der Waals surface area contributed by atoms with Crippen LogP contribution < -0.4 is 4.74 Å². The van der Waals surface area contributed by atoms with E-state index in [1.807, 2.05) is 0 Å². The highest BCUT2D eigenvalue weighted by molar-refractivity contribution is 5.31. The highest BCUT2D eigenvalue weighted by atomic mass is 19.1. The Morgan fingerprint density at radius 1 is 1.08 bits per heavy atom. The van der Waals surface area contributed by atoms with Gasteiger partial charge in [-0.3, -0.25) is 0 Å². The molecule has 0 radical (unpaired) electrons. The molecule has 0 spiro atoms. The van der Waals surface area contributed by atoms with Crippen molar-refractivity contribution in [2.45, 2.75) is 71.6 Å². The van der Waals surface area contributed by atoms with E-state index < -0.39 is 11.6 Å². The second kappa shape index (κ2) is 9.39. The third-order valence-electron chi connectivity index (χ3n) is 5.73. The van der Waals surface area contributed by atoms with Crippen LogP contribution in [-0.2, 0) is 6.42 Å². The van der Waals surface area contributed by atoms with E-state index in [9.17, 15) is 8.78 Å². The maximum Gasteiger partial charge on any atom is 0.190 e. The molecule has 1 aromatic carbocycles. The summed E-state index contributed by atoms with van der Waals surface area (Å²) in [6.45, 7) is 4.48. The van der Waals surface area contributed by atoms with Gasteiger partial charge in [0.1, 0.15) is 0 Å². The Bertz CT molecular complexity index is 484. The molecule has 2 rings (SSSR count). The van der Waals surface area contributed by atoms with Crippen molar-refractivity contribution in [3.8, 4) is 5.75 Å². The number of halogens is 2. The summed E-state index contributed by atoms with van der Waals surface area (Å²) in [6.07, 6.45) is 11.3. The van der Waals surface area contributed by atoms with Gasteiger partial charge in [0.25, 0.3) is 0 Å². The van der Waals surface area contributed by atoms with Gasteiger partial charge in [-0.05, 0) is 54.7 Å². The van der Waals surface area contributed by atoms with E-state index in [1.165, 1.54) is 70.6 Å². The van der Waals surface area contributed by atoms with Crippen LogP contribution in [0.2, 0.25) is 0 Å². The van der Waals surface area contributed by atoms with Crippen molar-refractivity contribution in [1.82, 2.24) is 0 Å². The molecule has 1 atom stereocenters. The third-order valence-corrected chi connectivity index (χ3v) is 5.73. The number of ether oxygens (including phenoxy) is 1. The molecule has 0 N–H and O–H groups in total. The van der Waals surface area contributed by atoms with Crippen LogP contribution in [0.5, 0.6) is 5.75 Å². The Morgan fingerprint density at radius 3 is 2.25 bits per heavy atom. The molecule has 3 heteroatoms. The first-order valence-corrected chi connectivity index (χ1v) is 9.57. The summed E-state index contributed by atoms with van der Waals surface area (Å²) >= 11 is 0. The summed E-state index contributed by atoms with van der Waals surface area (Å²) in [5.74, 6) is 0.572. The van der Waals surface area contributed by atoms with Gasteiger partial charge in [0.2, 0.25) is 0 Å². The second-order valence-electron chi connectivity index (χ2n) is 7.55. The van der Waals surface area contributed by atoms with Crippen LogP contribution in [0, 0.1) is 29.4 Å². The number of unbranched alkanes of at least 4 members (excludes halogenated alkanes) is 2. The normalized spacial score (nSPS) is 22.4. The number of rotatable bonds is 8. The zero-order valence-electron chi connectivity index (χ0n) is 15.4. The first-order chi connectivity index (χ1) is 11.5. The van der Waals surface area contributed by atoms with Gasteiger partial charge in [0.05, 0.1) is 7.11 Å². The Morgan fingerprint density at radius 2 is 1.71 bits per heavy atom. The predicted molar refractivity (Wildman–Crippen MR) is 95.4 cm³/mol. The molecule has 1 fully saturated rings. The van der Waals surface area contributed by atoms with Gasteiger partial charge in [0, 0.05) is 0 Å². The molecule has 0 bridgehead atoms. The molecular weight excluding hydrogens is 306 g/mol. The Balaban J connectivity index is 1.84. The second-order valence-corrected chi connectivity index (χ2v) is 7.55. The summed E-state index contributed by atoms with van der Waals surface area (Å²) < 4.78 is 32.4. The van der Waals surface area contributed by atoms with Crippen LogP contribution in [0.15, 0.2) is 12.1 Å². The van der Waals surface area contributed by atoms with Crippen LogP contribution in [0.1, 0.15) is 70.8 Å². The monoisotopic (exact) mass is 338 g/mol. The van der Waals surface area contributed by atoms with Gasteiger partial charge in [-0.2, -0.15) is 0 Å². The van der Waals surface area contributed by atoms with E-state index in [0.717, 1.165) is 17.9 Å². The molecule has 0 saturated heterocycles. The van der Waals surface area contributed by atoms with Crippen molar-refractivity contribution in [2.24, 2.45) is 17.8 Å². The zero-order chi connectivity index (χ0) is 17.5. The molecule has 0 heterocycles. The molecule has 1 nitrogen and oxygen atoms in total. The fourth-order valence-electron chi connectivity index (χ4n) is 4.19. The Labute approximate surface area is 145 Å². The molecule has 136 valence electrons. The highest BCUT2D eigenvalue weighted by Crippen LogP contribution is 2.37. The Kier molecular flexibility index (Phi) is 7.51. The van der Waals surface area contributed by atoms with Crippen molar-refractivity contribution in [3.63, 3.8) is 0 Å². The molecule has 1 saturated carbocycles. The number of methoxy groups -OCH3 is 1. The van der Waals surface area contributed by atoms with Gasteiger partial charge in [-0.25, -0.2) is 8.78 Å². The maximum absolute atomic E-state index is 13.8. The van der Waals surface area contributed by atoms with E-state index in [2.05, 4.69) is 13.8 Å². The molecule has 0 aliphatic heterocycles. The molecule has 1 aromatic rings. The molecule has 1 unspecified atom stereocenters. The van der Waals surface area contributed by atoms with Gasteiger partial charge in [0.15, 0.2) is 17.4 Å². The summed E-state index contributed by atoms with van der Waals surface area (Å²) in [7, 11) is 1.29. The summed E-state index contributed by atoms with van der Waals surface area (Å²) in [6, 6.07) is 2.85. The van der Waals surface area contributed by atoms with E-state index in [0.29, 0.717) is 11.8 Å². The summed E-state index contributed by atoms with van der Waals surface area (Å²) in [5, 5.41) is 0. The summed E-state index contributed by atoms with van der Waals surface area (Å²) in [4.78, 5) is 0. The molecule has 1 aliphatic rings. The minimum atomic E-state index is -0.598. The van der Waals surface area contributed by atoms with E-state index in [1.54, 1.807) is 0 Å².